The molecule has 1 aromatic carbocycles. The number of carbonyl (C=O) groups is 1. The number of anilines is 1. The SMILES string of the molecule is Cc1cc(N2CCN(C(=O)OC(C)(C)C)CC2)nn1-c1ccc(Br)c(O)c1. The molecule has 0 saturated carbocycles. The first-order valence-electron chi connectivity index (χ1n) is 8.92. The van der Waals surface area contributed by atoms with Crippen LogP contribution in [0.15, 0.2) is 28.7 Å². The first-order valence-corrected chi connectivity index (χ1v) is 9.72. The number of aryl methyl sites for hydroxylation is 1. The van der Waals surface area contributed by atoms with Crippen LogP contribution in [-0.2, 0) is 4.74 Å². The summed E-state index contributed by atoms with van der Waals surface area (Å²) in [5.41, 5.74) is 1.29. The highest BCUT2D eigenvalue weighted by Crippen LogP contribution is 2.27. The molecule has 2 aromatic rings. The lowest BCUT2D eigenvalue weighted by Gasteiger charge is -2.35. The van der Waals surface area contributed by atoms with Gasteiger partial charge in [-0.15, -0.1) is 0 Å². The van der Waals surface area contributed by atoms with Crippen molar-refractivity contribution in [3.63, 3.8) is 0 Å². The zero-order valence-corrected chi connectivity index (χ0v) is 17.7. The Balaban J connectivity index is 1.69. The van der Waals surface area contributed by atoms with Gasteiger partial charge in [0.1, 0.15) is 11.4 Å². The van der Waals surface area contributed by atoms with E-state index in [2.05, 4.69) is 25.9 Å². The summed E-state index contributed by atoms with van der Waals surface area (Å²) in [5.74, 6) is 1.04. The van der Waals surface area contributed by atoms with E-state index in [1.54, 1.807) is 17.0 Å². The lowest BCUT2D eigenvalue weighted by Crippen LogP contribution is -2.50. The van der Waals surface area contributed by atoms with Gasteiger partial charge in [0.25, 0.3) is 0 Å². The van der Waals surface area contributed by atoms with Crippen molar-refractivity contribution in [3.8, 4) is 11.4 Å². The van der Waals surface area contributed by atoms with Crippen molar-refractivity contribution < 1.29 is 14.6 Å². The zero-order valence-electron chi connectivity index (χ0n) is 16.1. The molecule has 2 heterocycles. The van der Waals surface area contributed by atoms with Gasteiger partial charge < -0.3 is 19.6 Å². The molecule has 0 atom stereocenters. The quantitative estimate of drug-likeness (QED) is 0.776. The molecule has 1 amide bonds. The van der Waals surface area contributed by atoms with Crippen LogP contribution in [0.1, 0.15) is 26.5 Å². The molecule has 7 nitrogen and oxygen atoms in total. The summed E-state index contributed by atoms with van der Waals surface area (Å²) in [4.78, 5) is 16.1. The number of nitrogens with zero attached hydrogens (tertiary/aromatic N) is 4. The highest BCUT2D eigenvalue weighted by Gasteiger charge is 2.27. The number of halogens is 1. The smallest absolute Gasteiger partial charge is 0.410 e. The monoisotopic (exact) mass is 436 g/mol. The molecule has 0 bridgehead atoms. The Morgan fingerprint density at radius 1 is 1.19 bits per heavy atom. The summed E-state index contributed by atoms with van der Waals surface area (Å²) in [6, 6.07) is 7.38. The number of rotatable bonds is 2. The first-order chi connectivity index (χ1) is 12.6. The van der Waals surface area contributed by atoms with Crippen molar-refractivity contribution >= 4 is 27.8 Å². The maximum Gasteiger partial charge on any atom is 0.410 e. The van der Waals surface area contributed by atoms with Crippen molar-refractivity contribution in [2.45, 2.75) is 33.3 Å². The number of aromatic hydroxyl groups is 1. The Morgan fingerprint density at radius 3 is 2.44 bits per heavy atom. The lowest BCUT2D eigenvalue weighted by atomic mass is 10.2. The Bertz CT molecular complexity index is 836. The third kappa shape index (κ3) is 4.55. The van der Waals surface area contributed by atoms with Crippen molar-refractivity contribution in [2.24, 2.45) is 0 Å². The van der Waals surface area contributed by atoms with E-state index in [4.69, 9.17) is 4.74 Å². The van der Waals surface area contributed by atoms with Gasteiger partial charge >= 0.3 is 6.09 Å². The van der Waals surface area contributed by atoms with Gasteiger partial charge in [-0.1, -0.05) is 0 Å². The molecule has 3 rings (SSSR count). The van der Waals surface area contributed by atoms with E-state index in [1.165, 1.54) is 0 Å². The topological polar surface area (TPSA) is 70.8 Å². The van der Waals surface area contributed by atoms with Crippen LogP contribution < -0.4 is 4.90 Å². The summed E-state index contributed by atoms with van der Waals surface area (Å²) in [7, 11) is 0. The first kappa shape index (κ1) is 19.5. The molecular formula is C19H25BrN4O3. The van der Waals surface area contributed by atoms with Gasteiger partial charge in [0, 0.05) is 44.0 Å². The van der Waals surface area contributed by atoms with Gasteiger partial charge in [0.2, 0.25) is 0 Å². The molecule has 1 aliphatic rings. The number of amides is 1. The third-order valence-electron chi connectivity index (χ3n) is 4.30. The molecule has 27 heavy (non-hydrogen) atoms. The fraction of sp³-hybridized carbons (Fsp3) is 0.474. The predicted molar refractivity (Wildman–Crippen MR) is 108 cm³/mol. The number of phenols is 1. The molecule has 0 spiro atoms. The Labute approximate surface area is 167 Å². The van der Waals surface area contributed by atoms with E-state index >= 15 is 0 Å². The summed E-state index contributed by atoms with van der Waals surface area (Å²) in [6.07, 6.45) is -0.269. The number of benzene rings is 1. The van der Waals surface area contributed by atoms with Crippen LogP contribution in [0, 0.1) is 6.92 Å². The van der Waals surface area contributed by atoms with E-state index in [-0.39, 0.29) is 11.8 Å². The molecule has 1 saturated heterocycles. The fourth-order valence-corrected chi connectivity index (χ4v) is 3.20. The summed E-state index contributed by atoms with van der Waals surface area (Å²) >= 11 is 3.29. The molecule has 0 unspecified atom stereocenters. The van der Waals surface area contributed by atoms with Crippen LogP contribution in [0.3, 0.4) is 0 Å². The van der Waals surface area contributed by atoms with E-state index < -0.39 is 5.60 Å². The van der Waals surface area contributed by atoms with Crippen LogP contribution in [-0.4, -0.2) is 57.7 Å². The third-order valence-corrected chi connectivity index (χ3v) is 4.97. The number of aromatic nitrogens is 2. The number of carbonyl (C=O) groups excluding carboxylic acids is 1. The second-order valence-electron chi connectivity index (χ2n) is 7.65. The Hall–Kier alpha value is -2.22. The molecule has 1 aromatic heterocycles. The largest absolute Gasteiger partial charge is 0.507 e. The maximum atomic E-state index is 12.2. The fourth-order valence-electron chi connectivity index (χ4n) is 2.95. The van der Waals surface area contributed by atoms with Gasteiger partial charge in [-0.05, 0) is 55.8 Å². The average molecular weight is 437 g/mol. The molecule has 8 heteroatoms. The van der Waals surface area contributed by atoms with Crippen molar-refractivity contribution in [1.29, 1.82) is 0 Å². The summed E-state index contributed by atoms with van der Waals surface area (Å²) in [5, 5.41) is 14.6. The van der Waals surface area contributed by atoms with E-state index in [1.807, 2.05) is 44.5 Å². The molecule has 1 aliphatic heterocycles. The molecule has 146 valence electrons. The molecule has 0 aliphatic carbocycles. The van der Waals surface area contributed by atoms with Crippen molar-refractivity contribution in [3.05, 3.63) is 34.4 Å². The minimum Gasteiger partial charge on any atom is -0.507 e. The molecular weight excluding hydrogens is 412 g/mol. The average Bonchev–Trinajstić information content (AvgIpc) is 2.98. The predicted octanol–water partition coefficient (Wildman–Crippen LogP) is 3.71. The number of ether oxygens (including phenoxy) is 1. The van der Waals surface area contributed by atoms with Crippen LogP contribution in [0.4, 0.5) is 10.6 Å². The van der Waals surface area contributed by atoms with Crippen molar-refractivity contribution in [1.82, 2.24) is 14.7 Å². The number of hydrogen-bond acceptors (Lipinski definition) is 5. The number of phenolic OH excluding ortho intramolecular Hbond substituents is 1. The van der Waals surface area contributed by atoms with Gasteiger partial charge in [-0.3, -0.25) is 0 Å². The lowest BCUT2D eigenvalue weighted by molar-refractivity contribution is 0.0240. The van der Waals surface area contributed by atoms with Gasteiger partial charge in [-0.2, -0.15) is 5.10 Å². The zero-order chi connectivity index (χ0) is 19.8. The highest BCUT2D eigenvalue weighted by molar-refractivity contribution is 9.10. The van der Waals surface area contributed by atoms with Crippen LogP contribution in [0.2, 0.25) is 0 Å². The Kier molecular flexibility index (Phi) is 5.37. The van der Waals surface area contributed by atoms with E-state index in [0.29, 0.717) is 30.7 Å². The van der Waals surface area contributed by atoms with Crippen LogP contribution >= 0.6 is 15.9 Å². The Morgan fingerprint density at radius 2 is 1.85 bits per heavy atom. The number of hydrogen-bond donors (Lipinski definition) is 1. The second kappa shape index (κ2) is 7.42. The van der Waals surface area contributed by atoms with Gasteiger partial charge in [-0.25, -0.2) is 9.48 Å². The minimum absolute atomic E-state index is 0.176. The van der Waals surface area contributed by atoms with Crippen molar-refractivity contribution in [2.75, 3.05) is 31.1 Å². The summed E-state index contributed by atoms with van der Waals surface area (Å²) < 4.78 is 7.90. The number of piperazine rings is 1. The van der Waals surface area contributed by atoms with Gasteiger partial charge in [0.15, 0.2) is 5.82 Å². The molecule has 1 fully saturated rings. The van der Waals surface area contributed by atoms with Gasteiger partial charge in [0.05, 0.1) is 10.2 Å². The highest BCUT2D eigenvalue weighted by atomic mass is 79.9. The molecule has 1 N–H and O–H groups in total. The second-order valence-corrected chi connectivity index (χ2v) is 8.50. The minimum atomic E-state index is -0.486. The maximum absolute atomic E-state index is 12.2. The molecule has 0 radical (unpaired) electrons. The summed E-state index contributed by atoms with van der Waals surface area (Å²) in [6.45, 7) is 10.2. The van der Waals surface area contributed by atoms with Crippen LogP contribution in [0.25, 0.3) is 5.69 Å². The van der Waals surface area contributed by atoms with E-state index in [0.717, 1.165) is 17.2 Å². The van der Waals surface area contributed by atoms with E-state index in [9.17, 15) is 9.90 Å². The standard InChI is InChI=1S/C19H25BrN4O3/c1-13-11-17(21-24(13)14-5-6-15(20)16(25)12-14)22-7-9-23(10-8-22)18(26)27-19(2,3)4/h5-6,11-12,25H,7-10H2,1-4H3. The normalized spacial score (nSPS) is 15.1. The van der Waals surface area contributed by atoms with Crippen LogP contribution in [0.5, 0.6) is 5.75 Å².